The fourth-order valence-electron chi connectivity index (χ4n) is 2.75. The molecule has 28 heavy (non-hydrogen) atoms. The summed E-state index contributed by atoms with van der Waals surface area (Å²) in [6.45, 7) is 1.85. The summed E-state index contributed by atoms with van der Waals surface area (Å²) in [5, 5.41) is 0. The smallest absolute Gasteiger partial charge is 0.351 e. The van der Waals surface area contributed by atoms with Crippen LogP contribution in [-0.4, -0.2) is 34.1 Å². The first-order chi connectivity index (χ1) is 13.3. The van der Waals surface area contributed by atoms with Crippen LogP contribution in [0.15, 0.2) is 58.5 Å². The molecule has 0 aliphatic carbocycles. The number of carbonyl (C=O) groups excluding carboxylic acids is 2. The molecule has 2 aromatic rings. The molecule has 9 heteroatoms. The molecule has 0 amide bonds. The number of methoxy groups -OCH3 is 1. The molecule has 0 saturated heterocycles. The van der Waals surface area contributed by atoms with E-state index in [4.69, 9.17) is 4.74 Å². The molecule has 7 nitrogen and oxygen atoms in total. The van der Waals surface area contributed by atoms with Crippen molar-refractivity contribution in [2.24, 2.45) is 0 Å². The minimum atomic E-state index is -4.20. The van der Waals surface area contributed by atoms with E-state index in [-0.39, 0.29) is 22.8 Å². The van der Waals surface area contributed by atoms with Crippen LogP contribution in [0.3, 0.4) is 0 Å². The standard InChI is InChI=1S/C19H16FNO6S/c1-3-27-18(22)12-5-4-6-14(9-12)21-11-17(19(23)26-2)28(24,25)16-8-7-13(20)10-15(16)21/h4-11H,3H2,1-2H3. The lowest BCUT2D eigenvalue weighted by atomic mass is 10.1. The van der Waals surface area contributed by atoms with Gasteiger partial charge in [0.05, 0.1) is 29.9 Å². The summed E-state index contributed by atoms with van der Waals surface area (Å²) in [4.78, 5) is 24.5. The molecule has 0 bridgehead atoms. The zero-order valence-electron chi connectivity index (χ0n) is 15.0. The van der Waals surface area contributed by atoms with Gasteiger partial charge in [0.15, 0.2) is 4.91 Å². The second-order valence-corrected chi connectivity index (χ2v) is 7.63. The largest absolute Gasteiger partial charge is 0.465 e. The molecule has 0 spiro atoms. The van der Waals surface area contributed by atoms with E-state index in [1.807, 2.05) is 0 Å². The second kappa shape index (κ2) is 7.43. The number of halogens is 1. The van der Waals surface area contributed by atoms with E-state index in [0.29, 0.717) is 5.69 Å². The van der Waals surface area contributed by atoms with Gasteiger partial charge in [-0.25, -0.2) is 22.4 Å². The van der Waals surface area contributed by atoms with E-state index in [9.17, 15) is 22.4 Å². The monoisotopic (exact) mass is 405 g/mol. The van der Waals surface area contributed by atoms with Gasteiger partial charge in [-0.3, -0.25) is 0 Å². The predicted octanol–water partition coefficient (Wildman–Crippen LogP) is 2.94. The van der Waals surface area contributed by atoms with Crippen molar-refractivity contribution in [2.75, 3.05) is 18.6 Å². The van der Waals surface area contributed by atoms with Gasteiger partial charge in [-0.05, 0) is 43.3 Å². The first-order valence-electron chi connectivity index (χ1n) is 8.20. The maximum absolute atomic E-state index is 13.9. The predicted molar refractivity (Wildman–Crippen MR) is 98.2 cm³/mol. The molecule has 1 aliphatic heterocycles. The van der Waals surface area contributed by atoms with Crippen LogP contribution in [0.5, 0.6) is 0 Å². The topological polar surface area (TPSA) is 90.0 Å². The maximum atomic E-state index is 13.9. The molecule has 0 unspecified atom stereocenters. The second-order valence-electron chi connectivity index (χ2n) is 5.74. The number of sulfone groups is 1. The summed E-state index contributed by atoms with van der Waals surface area (Å²) in [7, 11) is -3.14. The number of esters is 2. The Morgan fingerprint density at radius 3 is 2.54 bits per heavy atom. The van der Waals surface area contributed by atoms with Crippen LogP contribution in [0, 0.1) is 5.82 Å². The Kier molecular flexibility index (Phi) is 5.19. The summed E-state index contributed by atoms with van der Waals surface area (Å²) >= 11 is 0. The molecule has 146 valence electrons. The number of nitrogens with zero attached hydrogens (tertiary/aromatic N) is 1. The number of fused-ring (bicyclic) bond motifs is 1. The van der Waals surface area contributed by atoms with Gasteiger partial charge in [0.1, 0.15) is 5.82 Å². The molecule has 0 fully saturated rings. The van der Waals surface area contributed by atoms with Crippen LogP contribution in [0.4, 0.5) is 15.8 Å². The van der Waals surface area contributed by atoms with Gasteiger partial charge in [-0.2, -0.15) is 0 Å². The zero-order valence-corrected chi connectivity index (χ0v) is 15.8. The number of carbonyl (C=O) groups is 2. The Morgan fingerprint density at radius 2 is 1.86 bits per heavy atom. The summed E-state index contributed by atoms with van der Waals surface area (Å²) in [5.74, 6) is -2.28. The molecule has 1 aliphatic rings. The first kappa shape index (κ1) is 19.6. The Morgan fingerprint density at radius 1 is 1.11 bits per heavy atom. The molecule has 0 aromatic heterocycles. The van der Waals surface area contributed by atoms with Crippen molar-refractivity contribution in [1.82, 2.24) is 0 Å². The number of hydrogen-bond donors (Lipinski definition) is 0. The van der Waals surface area contributed by atoms with Crippen LogP contribution >= 0.6 is 0 Å². The number of hydrogen-bond acceptors (Lipinski definition) is 7. The van der Waals surface area contributed by atoms with E-state index in [2.05, 4.69) is 4.74 Å². The number of rotatable bonds is 4. The molecule has 0 atom stereocenters. The fourth-order valence-corrected chi connectivity index (χ4v) is 4.22. The van der Waals surface area contributed by atoms with E-state index >= 15 is 0 Å². The van der Waals surface area contributed by atoms with Crippen LogP contribution in [0.1, 0.15) is 17.3 Å². The molecule has 3 rings (SSSR count). The average Bonchev–Trinajstić information content (AvgIpc) is 2.67. The van der Waals surface area contributed by atoms with Crippen molar-refractivity contribution < 1.29 is 31.9 Å². The van der Waals surface area contributed by atoms with Crippen molar-refractivity contribution in [3.63, 3.8) is 0 Å². The maximum Gasteiger partial charge on any atom is 0.351 e. The van der Waals surface area contributed by atoms with Crippen molar-refractivity contribution in [1.29, 1.82) is 0 Å². The molecule has 1 heterocycles. The molecular weight excluding hydrogens is 389 g/mol. The van der Waals surface area contributed by atoms with Gasteiger partial charge in [0.2, 0.25) is 9.84 Å². The van der Waals surface area contributed by atoms with Crippen LogP contribution < -0.4 is 4.90 Å². The van der Waals surface area contributed by atoms with Crippen molar-refractivity contribution >= 4 is 33.2 Å². The van der Waals surface area contributed by atoms with Gasteiger partial charge in [-0.15, -0.1) is 0 Å². The normalized spacial score (nSPS) is 14.7. The van der Waals surface area contributed by atoms with Crippen molar-refractivity contribution in [3.05, 3.63) is 65.0 Å². The van der Waals surface area contributed by atoms with Gasteiger partial charge < -0.3 is 14.4 Å². The highest BCUT2D eigenvalue weighted by molar-refractivity contribution is 7.96. The fraction of sp³-hybridized carbons (Fsp3) is 0.158. The van der Waals surface area contributed by atoms with Crippen molar-refractivity contribution in [3.8, 4) is 0 Å². The highest BCUT2D eigenvalue weighted by atomic mass is 32.2. The number of benzene rings is 2. The molecular formula is C19H16FNO6S. The van der Waals surface area contributed by atoms with Crippen LogP contribution in [0.25, 0.3) is 0 Å². The molecule has 0 radical (unpaired) electrons. The van der Waals surface area contributed by atoms with Gasteiger partial charge in [0.25, 0.3) is 0 Å². The summed E-state index contributed by atoms with van der Waals surface area (Å²) in [6.07, 6.45) is 1.05. The summed E-state index contributed by atoms with van der Waals surface area (Å²) in [6, 6.07) is 9.24. The highest BCUT2D eigenvalue weighted by Gasteiger charge is 2.36. The lowest BCUT2D eigenvalue weighted by molar-refractivity contribution is -0.135. The Hall–Kier alpha value is -3.20. The minimum absolute atomic E-state index is 0.00802. The molecule has 0 N–H and O–H groups in total. The lowest BCUT2D eigenvalue weighted by Crippen LogP contribution is -2.26. The number of anilines is 2. The van der Waals surface area contributed by atoms with E-state index in [1.165, 1.54) is 17.0 Å². The van der Waals surface area contributed by atoms with Crippen LogP contribution in [0.2, 0.25) is 0 Å². The third-order valence-corrected chi connectivity index (χ3v) is 5.80. The quantitative estimate of drug-likeness (QED) is 0.571. The molecule has 2 aromatic carbocycles. The Bertz CT molecular complexity index is 1090. The van der Waals surface area contributed by atoms with E-state index < -0.39 is 32.5 Å². The van der Waals surface area contributed by atoms with E-state index in [1.54, 1.807) is 19.1 Å². The van der Waals surface area contributed by atoms with E-state index in [0.717, 1.165) is 31.5 Å². The molecule has 0 saturated carbocycles. The van der Waals surface area contributed by atoms with Crippen molar-refractivity contribution in [2.45, 2.75) is 11.8 Å². The van der Waals surface area contributed by atoms with Gasteiger partial charge >= 0.3 is 11.9 Å². The summed E-state index contributed by atoms with van der Waals surface area (Å²) < 4.78 is 48.9. The third-order valence-electron chi connectivity index (χ3n) is 4.03. The average molecular weight is 405 g/mol. The van der Waals surface area contributed by atoms with Gasteiger partial charge in [-0.1, -0.05) is 6.07 Å². The SMILES string of the molecule is CCOC(=O)c1cccc(N2C=C(C(=O)OC)S(=O)(=O)c3ccc(F)cc32)c1. The Balaban J connectivity index is 2.22. The Labute approximate surface area is 160 Å². The lowest BCUT2D eigenvalue weighted by Gasteiger charge is -2.28. The third kappa shape index (κ3) is 3.36. The zero-order chi connectivity index (χ0) is 20.5. The summed E-state index contributed by atoms with van der Waals surface area (Å²) in [5.41, 5.74) is 0.570. The van der Waals surface area contributed by atoms with Crippen LogP contribution in [-0.2, 0) is 24.1 Å². The highest BCUT2D eigenvalue weighted by Crippen LogP contribution is 2.40. The number of ether oxygens (including phenoxy) is 2. The first-order valence-corrected chi connectivity index (χ1v) is 9.69. The van der Waals surface area contributed by atoms with Gasteiger partial charge in [0, 0.05) is 11.9 Å². The minimum Gasteiger partial charge on any atom is -0.465 e.